The van der Waals surface area contributed by atoms with E-state index in [1.165, 1.54) is 11.8 Å². The van der Waals surface area contributed by atoms with Gasteiger partial charge in [-0.15, -0.1) is 0 Å². The molecule has 0 aliphatic carbocycles. The number of nitrogens with one attached hydrogen (secondary N) is 4. The lowest BCUT2D eigenvalue weighted by Crippen LogP contribution is -2.35. The highest BCUT2D eigenvalue weighted by atomic mass is 32.2. The minimum absolute atomic E-state index is 0.150. The van der Waals surface area contributed by atoms with Crippen LogP contribution in [0, 0.1) is 0 Å². The molecule has 0 saturated carbocycles. The number of ether oxygens (including phenoxy) is 1. The number of hydrogen-bond donors (Lipinski definition) is 4. The molecule has 16 heteroatoms. The lowest BCUT2D eigenvalue weighted by atomic mass is 9.92. The number of amides is 2. The van der Waals surface area contributed by atoms with Crippen molar-refractivity contribution in [3.8, 4) is 11.5 Å². The van der Waals surface area contributed by atoms with Crippen LogP contribution in [0.3, 0.4) is 0 Å². The van der Waals surface area contributed by atoms with Gasteiger partial charge >= 0.3 is 12.4 Å². The third kappa shape index (κ3) is 8.51. The van der Waals surface area contributed by atoms with Gasteiger partial charge in [0.1, 0.15) is 34.0 Å². The monoisotopic (exact) mass is 870 g/mol. The summed E-state index contributed by atoms with van der Waals surface area (Å²) < 4.78 is 88.9. The van der Waals surface area contributed by atoms with E-state index < -0.39 is 69.9 Å². The molecule has 4 aromatic carbocycles. The van der Waals surface area contributed by atoms with Gasteiger partial charge in [-0.25, -0.2) is 0 Å². The van der Waals surface area contributed by atoms with Crippen LogP contribution >= 0.6 is 11.8 Å². The highest BCUT2D eigenvalue weighted by Crippen LogP contribution is 2.46. The van der Waals surface area contributed by atoms with Crippen molar-refractivity contribution in [1.29, 1.82) is 0 Å². The number of aromatic nitrogens is 2. The molecule has 2 unspecified atom stereocenters. The van der Waals surface area contributed by atoms with Gasteiger partial charge in [-0.2, -0.15) is 26.3 Å². The Bertz CT molecular complexity index is 2850. The number of aromatic amines is 2. The van der Waals surface area contributed by atoms with Gasteiger partial charge in [-0.1, -0.05) is 79.7 Å². The second kappa shape index (κ2) is 16.7. The molecule has 318 valence electrons. The molecule has 2 aliphatic heterocycles. The summed E-state index contributed by atoms with van der Waals surface area (Å²) in [6, 6.07) is 26.1. The molecule has 9 nitrogen and oxygen atoms in total. The highest BCUT2D eigenvalue weighted by molar-refractivity contribution is 7.99. The molecule has 0 fully saturated rings. The van der Waals surface area contributed by atoms with Crippen molar-refractivity contribution in [2.45, 2.75) is 73.3 Å². The molecule has 2 atom stereocenters. The van der Waals surface area contributed by atoms with Crippen molar-refractivity contribution in [3.05, 3.63) is 185 Å². The summed E-state index contributed by atoms with van der Waals surface area (Å²) in [5.41, 5.74) is -2.04. The van der Waals surface area contributed by atoms with Crippen molar-refractivity contribution in [3.63, 3.8) is 0 Å². The van der Waals surface area contributed by atoms with Gasteiger partial charge in [-0.05, 0) is 102 Å². The van der Waals surface area contributed by atoms with E-state index in [1.54, 1.807) is 71.7 Å². The van der Waals surface area contributed by atoms with Gasteiger partial charge in [0.2, 0.25) is 0 Å². The Morgan fingerprint density at radius 3 is 1.97 bits per heavy atom. The average Bonchev–Trinajstić information content (AvgIpc) is 3.23. The first-order valence-corrected chi connectivity index (χ1v) is 20.5. The average molecular weight is 871 g/mol. The number of aryl methyl sites for hydroxylation is 3. The van der Waals surface area contributed by atoms with Gasteiger partial charge in [0.15, 0.2) is 0 Å². The van der Waals surface area contributed by atoms with Gasteiger partial charge in [0, 0.05) is 20.9 Å². The Morgan fingerprint density at radius 1 is 0.629 bits per heavy atom. The van der Waals surface area contributed by atoms with E-state index >= 15 is 0 Å². The van der Waals surface area contributed by atoms with E-state index in [-0.39, 0.29) is 24.8 Å². The minimum Gasteiger partial charge on any atom is -0.457 e. The molecule has 0 radical (unpaired) electrons. The molecule has 4 heterocycles. The standard InChI is InChI=1S/C46H36F6N4O5S/c1-2-8-24-15-18-34-30(21-24)38(27-11-3-5-13-33(27)61-34)54-43(59)32-23-26(40(46(50,51)52)56-44(32)60)10-7-9-25-16-19-36-31(22-25)39(28-12-4-6-14-35(28)62-36)55-42(58)29-17-20-37(45(47,48)49)53-41(29)57/h3-6,11-23,38-39H,2,7-10H2,1H3,(H,53,57)(H,54,59)(H,55,58)(H,56,60). The third-order valence-electron chi connectivity index (χ3n) is 10.8. The third-order valence-corrected chi connectivity index (χ3v) is 12.0. The zero-order valence-electron chi connectivity index (χ0n) is 32.7. The van der Waals surface area contributed by atoms with Crippen molar-refractivity contribution < 1.29 is 40.7 Å². The second-order valence-electron chi connectivity index (χ2n) is 15.0. The number of benzene rings is 4. The minimum atomic E-state index is -4.94. The summed E-state index contributed by atoms with van der Waals surface area (Å²) in [7, 11) is 0. The largest absolute Gasteiger partial charge is 0.457 e. The summed E-state index contributed by atoms with van der Waals surface area (Å²) in [5, 5.41) is 5.68. The van der Waals surface area contributed by atoms with Crippen LogP contribution in [0.2, 0.25) is 0 Å². The molecular formula is C46H36F6N4O5S. The Balaban J connectivity index is 1.04. The van der Waals surface area contributed by atoms with E-state index in [1.807, 2.05) is 30.1 Å². The Morgan fingerprint density at radius 2 is 1.24 bits per heavy atom. The molecule has 6 aromatic rings. The lowest BCUT2D eigenvalue weighted by molar-refractivity contribution is -0.142. The van der Waals surface area contributed by atoms with Gasteiger partial charge in [0.05, 0.1) is 12.1 Å². The molecule has 2 aliphatic rings. The van der Waals surface area contributed by atoms with Crippen LogP contribution < -0.4 is 26.5 Å². The van der Waals surface area contributed by atoms with Crippen LogP contribution in [0.5, 0.6) is 11.5 Å². The van der Waals surface area contributed by atoms with Crippen LogP contribution in [-0.4, -0.2) is 21.8 Å². The topological polar surface area (TPSA) is 133 Å². The molecule has 0 spiro atoms. The zero-order valence-corrected chi connectivity index (χ0v) is 33.5. The number of rotatable bonds is 10. The first kappa shape index (κ1) is 42.2. The van der Waals surface area contributed by atoms with E-state index in [2.05, 4.69) is 10.6 Å². The number of alkyl halides is 6. The number of carbonyl (C=O) groups excluding carboxylic acids is 2. The normalized spacial score (nSPS) is 15.3. The van der Waals surface area contributed by atoms with E-state index in [9.17, 15) is 45.5 Å². The molecule has 8 rings (SSSR count). The number of pyridine rings is 2. The highest BCUT2D eigenvalue weighted by Gasteiger charge is 2.37. The summed E-state index contributed by atoms with van der Waals surface area (Å²) in [6.45, 7) is 2.03. The fraction of sp³-hybridized carbons (Fsp3) is 0.217. The number of H-pyrrole nitrogens is 2. The fourth-order valence-corrected chi connectivity index (χ4v) is 8.97. The second-order valence-corrected chi connectivity index (χ2v) is 16.0. The van der Waals surface area contributed by atoms with Crippen LogP contribution in [0.15, 0.2) is 123 Å². The lowest BCUT2D eigenvalue weighted by Gasteiger charge is -2.29. The quantitative estimate of drug-likeness (QED) is 0.101. The Labute approximate surface area is 353 Å². The van der Waals surface area contributed by atoms with E-state index in [0.29, 0.717) is 45.4 Å². The maximum Gasteiger partial charge on any atom is 0.431 e. The first-order chi connectivity index (χ1) is 29.6. The predicted octanol–water partition coefficient (Wildman–Crippen LogP) is 9.84. The van der Waals surface area contributed by atoms with Crippen LogP contribution in [0.1, 0.15) is 103 Å². The Hall–Kier alpha value is -6.55. The molecular weight excluding hydrogens is 835 g/mol. The maximum absolute atomic E-state index is 14.4. The fourth-order valence-electron chi connectivity index (χ4n) is 7.85. The molecule has 4 N–H and O–H groups in total. The number of halogens is 6. The molecule has 2 amide bonds. The van der Waals surface area contributed by atoms with Crippen molar-refractivity contribution >= 4 is 23.6 Å². The summed E-state index contributed by atoms with van der Waals surface area (Å²) in [4.78, 5) is 58.3. The predicted molar refractivity (Wildman–Crippen MR) is 219 cm³/mol. The van der Waals surface area contributed by atoms with Crippen LogP contribution in [0.25, 0.3) is 0 Å². The first-order valence-electron chi connectivity index (χ1n) is 19.6. The van der Waals surface area contributed by atoms with Crippen LogP contribution in [0.4, 0.5) is 26.3 Å². The zero-order chi connectivity index (χ0) is 43.9. The SMILES string of the molecule is CCCc1ccc2c(c1)C(NC(=O)c1cc(CCCc3ccc4c(c3)C(NC(=O)c3ccc(C(F)(F)F)[nH]c3=O)c3ccccc3S4)c(C(F)(F)F)[nH]c1=O)c1ccccc1O2. The number of hydrogen-bond acceptors (Lipinski definition) is 6. The van der Waals surface area contributed by atoms with Crippen LogP contribution in [-0.2, 0) is 31.6 Å². The van der Waals surface area contributed by atoms with Crippen molar-refractivity contribution in [1.82, 2.24) is 20.6 Å². The van der Waals surface area contributed by atoms with Gasteiger partial charge < -0.3 is 25.3 Å². The summed E-state index contributed by atoms with van der Waals surface area (Å²) >= 11 is 1.42. The smallest absolute Gasteiger partial charge is 0.431 e. The number of para-hydroxylation sites is 1. The summed E-state index contributed by atoms with van der Waals surface area (Å²) in [6.07, 6.45) is -7.91. The van der Waals surface area contributed by atoms with Crippen molar-refractivity contribution in [2.24, 2.45) is 0 Å². The molecule has 62 heavy (non-hydrogen) atoms. The molecule has 0 bridgehead atoms. The molecule has 2 aromatic heterocycles. The van der Waals surface area contributed by atoms with Gasteiger partial charge in [0.25, 0.3) is 22.9 Å². The Kier molecular flexibility index (Phi) is 11.4. The summed E-state index contributed by atoms with van der Waals surface area (Å²) in [5.74, 6) is -0.784. The molecule has 0 saturated heterocycles. The number of carbonyl (C=O) groups is 2. The number of fused-ring (bicyclic) bond motifs is 4. The van der Waals surface area contributed by atoms with Gasteiger partial charge in [-0.3, -0.25) is 19.2 Å². The van der Waals surface area contributed by atoms with E-state index in [0.717, 1.165) is 40.3 Å². The van der Waals surface area contributed by atoms with E-state index in [4.69, 9.17) is 4.74 Å². The van der Waals surface area contributed by atoms with Crippen molar-refractivity contribution in [2.75, 3.05) is 0 Å². The maximum atomic E-state index is 14.4.